The number of nitrogens with zero attached hydrogens (tertiary/aromatic N) is 3. The molecule has 0 spiro atoms. The highest BCUT2D eigenvalue weighted by molar-refractivity contribution is 5.88. The summed E-state index contributed by atoms with van der Waals surface area (Å²) in [4.78, 5) is 21.2. The fourth-order valence-electron chi connectivity index (χ4n) is 4.34. The smallest absolute Gasteiger partial charge is 0.266 e. The molecule has 1 fully saturated rings. The van der Waals surface area contributed by atoms with Crippen LogP contribution in [-0.4, -0.2) is 20.5 Å². The third kappa shape index (κ3) is 3.82. The van der Waals surface area contributed by atoms with Crippen molar-refractivity contribution in [3.63, 3.8) is 0 Å². The van der Waals surface area contributed by atoms with Gasteiger partial charge in [-0.25, -0.2) is 31.9 Å². The lowest BCUT2D eigenvalue weighted by Crippen LogP contribution is -2.54. The van der Waals surface area contributed by atoms with Crippen molar-refractivity contribution in [3.8, 4) is 0 Å². The fourth-order valence-corrected chi connectivity index (χ4v) is 4.34. The minimum Gasteiger partial charge on any atom is -0.363 e. The SMILES string of the molecule is Cc1nc(N[C@H](C)c2cccc(C(F)F)c2F)c2cn(C3(C)CC(F)(F)C3)c(=O)cc2n1. The fraction of sp³-hybridized carbons (Fsp3) is 0.409. The molecule has 0 saturated heterocycles. The molecule has 0 unspecified atom stereocenters. The van der Waals surface area contributed by atoms with Crippen LogP contribution in [0.1, 0.15) is 56.1 Å². The van der Waals surface area contributed by atoms with Gasteiger partial charge in [0.05, 0.1) is 28.0 Å². The van der Waals surface area contributed by atoms with Gasteiger partial charge >= 0.3 is 0 Å². The first-order valence-electron chi connectivity index (χ1n) is 10.0. The Hall–Kier alpha value is -3.04. The zero-order valence-electron chi connectivity index (χ0n) is 17.6. The summed E-state index contributed by atoms with van der Waals surface area (Å²) in [7, 11) is 0. The number of fused-ring (bicyclic) bond motifs is 1. The highest BCUT2D eigenvalue weighted by Gasteiger charge is 2.55. The van der Waals surface area contributed by atoms with E-state index >= 15 is 0 Å². The van der Waals surface area contributed by atoms with Crippen LogP contribution in [0, 0.1) is 12.7 Å². The number of pyridine rings is 1. The van der Waals surface area contributed by atoms with Crippen molar-refractivity contribution in [1.29, 1.82) is 0 Å². The summed E-state index contributed by atoms with van der Waals surface area (Å²) in [5.41, 5.74) is -1.91. The Labute approximate surface area is 180 Å². The zero-order chi connectivity index (χ0) is 23.4. The van der Waals surface area contributed by atoms with Gasteiger partial charge in [-0.05, 0) is 20.8 Å². The molecule has 0 aliphatic heterocycles. The van der Waals surface area contributed by atoms with Gasteiger partial charge in [0.2, 0.25) is 0 Å². The van der Waals surface area contributed by atoms with E-state index in [0.29, 0.717) is 16.7 Å². The third-order valence-electron chi connectivity index (χ3n) is 5.82. The van der Waals surface area contributed by atoms with Crippen LogP contribution >= 0.6 is 0 Å². The molecule has 32 heavy (non-hydrogen) atoms. The van der Waals surface area contributed by atoms with Crippen molar-refractivity contribution >= 4 is 16.7 Å². The van der Waals surface area contributed by atoms with Gasteiger partial charge in [-0.3, -0.25) is 4.79 Å². The molecule has 4 rings (SSSR count). The summed E-state index contributed by atoms with van der Waals surface area (Å²) in [6.45, 7) is 4.76. The molecule has 1 aromatic carbocycles. The molecule has 3 aromatic rings. The lowest BCUT2D eigenvalue weighted by Gasteiger charge is -2.46. The lowest BCUT2D eigenvalue weighted by atomic mass is 9.74. The Morgan fingerprint density at radius 2 is 1.81 bits per heavy atom. The van der Waals surface area contributed by atoms with Crippen molar-refractivity contribution in [2.24, 2.45) is 0 Å². The Morgan fingerprint density at radius 1 is 1.16 bits per heavy atom. The van der Waals surface area contributed by atoms with E-state index in [2.05, 4.69) is 15.3 Å². The van der Waals surface area contributed by atoms with Gasteiger partial charge in [0.1, 0.15) is 17.5 Å². The zero-order valence-corrected chi connectivity index (χ0v) is 17.6. The number of benzene rings is 1. The second-order valence-corrected chi connectivity index (χ2v) is 8.52. The van der Waals surface area contributed by atoms with Crippen molar-refractivity contribution in [2.75, 3.05) is 5.32 Å². The van der Waals surface area contributed by atoms with Crippen molar-refractivity contribution in [2.45, 2.75) is 57.5 Å². The second-order valence-electron chi connectivity index (χ2n) is 8.52. The maximum Gasteiger partial charge on any atom is 0.266 e. The summed E-state index contributed by atoms with van der Waals surface area (Å²) >= 11 is 0. The summed E-state index contributed by atoms with van der Waals surface area (Å²) in [6, 6.07) is 4.25. The van der Waals surface area contributed by atoms with E-state index in [1.54, 1.807) is 20.8 Å². The minimum absolute atomic E-state index is 0.0196. The summed E-state index contributed by atoms with van der Waals surface area (Å²) < 4.78 is 69.1. The van der Waals surface area contributed by atoms with Crippen LogP contribution in [0.4, 0.5) is 27.8 Å². The van der Waals surface area contributed by atoms with E-state index in [-0.39, 0.29) is 11.4 Å². The maximum absolute atomic E-state index is 14.6. The number of anilines is 1. The maximum atomic E-state index is 14.6. The number of hydrogen-bond acceptors (Lipinski definition) is 4. The average molecular weight is 452 g/mol. The van der Waals surface area contributed by atoms with E-state index in [9.17, 15) is 26.7 Å². The van der Waals surface area contributed by atoms with E-state index < -0.39 is 53.7 Å². The number of nitrogens with one attached hydrogen (secondary N) is 1. The molecule has 1 aliphatic rings. The molecular weight excluding hydrogens is 431 g/mol. The number of aromatic nitrogens is 3. The normalized spacial score (nSPS) is 17.9. The predicted octanol–water partition coefficient (Wildman–Crippen LogP) is 5.49. The van der Waals surface area contributed by atoms with Crippen LogP contribution in [0.5, 0.6) is 0 Å². The number of rotatable bonds is 5. The standard InChI is InChI=1S/C22H21F5N4O/c1-11(13-5-4-6-14(18(13)23)19(24)25)28-20-15-8-31(21(3)9-22(26,27)10-21)17(32)7-16(15)29-12(2)30-20/h4-8,11,19H,9-10H2,1-3H3,(H,28,29,30)/t11-/m1/s1. The van der Waals surface area contributed by atoms with Gasteiger partial charge in [-0.15, -0.1) is 0 Å². The highest BCUT2D eigenvalue weighted by atomic mass is 19.3. The molecule has 0 amide bonds. The van der Waals surface area contributed by atoms with Crippen molar-refractivity contribution < 1.29 is 22.0 Å². The molecule has 2 aromatic heterocycles. The monoisotopic (exact) mass is 452 g/mol. The van der Waals surface area contributed by atoms with Crippen molar-refractivity contribution in [1.82, 2.24) is 14.5 Å². The molecule has 170 valence electrons. The van der Waals surface area contributed by atoms with Crippen LogP contribution in [0.3, 0.4) is 0 Å². The van der Waals surface area contributed by atoms with Gasteiger partial charge in [0, 0.05) is 30.7 Å². The largest absolute Gasteiger partial charge is 0.363 e. The Morgan fingerprint density at radius 3 is 2.44 bits per heavy atom. The summed E-state index contributed by atoms with van der Waals surface area (Å²) in [6.07, 6.45) is -2.47. The summed E-state index contributed by atoms with van der Waals surface area (Å²) in [5.74, 6) is -3.29. The van der Waals surface area contributed by atoms with Crippen LogP contribution in [0.15, 0.2) is 35.3 Å². The molecule has 1 atom stereocenters. The number of alkyl halides is 4. The highest BCUT2D eigenvalue weighted by Crippen LogP contribution is 2.49. The first-order valence-corrected chi connectivity index (χ1v) is 10.0. The second kappa shape index (κ2) is 7.53. The third-order valence-corrected chi connectivity index (χ3v) is 5.82. The van der Waals surface area contributed by atoms with Gasteiger partial charge in [-0.2, -0.15) is 0 Å². The number of hydrogen-bond donors (Lipinski definition) is 1. The first kappa shape index (κ1) is 22.2. The summed E-state index contributed by atoms with van der Waals surface area (Å²) in [5, 5.41) is 3.38. The Balaban J connectivity index is 1.77. The minimum atomic E-state index is -2.96. The van der Waals surface area contributed by atoms with E-state index in [1.165, 1.54) is 29.0 Å². The quantitative estimate of drug-likeness (QED) is 0.520. The Bertz CT molecular complexity index is 1250. The lowest BCUT2D eigenvalue weighted by molar-refractivity contribution is -0.146. The van der Waals surface area contributed by atoms with Crippen LogP contribution in [-0.2, 0) is 5.54 Å². The van der Waals surface area contributed by atoms with Gasteiger partial charge in [0.25, 0.3) is 17.9 Å². The number of halogens is 5. The molecule has 1 aliphatic carbocycles. The molecule has 2 heterocycles. The van der Waals surface area contributed by atoms with Crippen LogP contribution in [0.2, 0.25) is 0 Å². The van der Waals surface area contributed by atoms with E-state index in [4.69, 9.17) is 0 Å². The van der Waals surface area contributed by atoms with Crippen molar-refractivity contribution in [3.05, 3.63) is 63.6 Å². The topological polar surface area (TPSA) is 59.8 Å². The van der Waals surface area contributed by atoms with Crippen LogP contribution in [0.25, 0.3) is 10.9 Å². The van der Waals surface area contributed by atoms with Crippen LogP contribution < -0.4 is 10.9 Å². The van der Waals surface area contributed by atoms with E-state index in [1.807, 2.05) is 0 Å². The first-order chi connectivity index (χ1) is 14.9. The van der Waals surface area contributed by atoms with Gasteiger partial charge < -0.3 is 9.88 Å². The van der Waals surface area contributed by atoms with Gasteiger partial charge in [-0.1, -0.05) is 18.2 Å². The molecule has 0 bridgehead atoms. The number of aryl methyl sites for hydroxylation is 1. The molecule has 0 radical (unpaired) electrons. The molecule has 10 heteroatoms. The van der Waals surface area contributed by atoms with Gasteiger partial charge in [0.15, 0.2) is 0 Å². The van der Waals surface area contributed by atoms with E-state index in [0.717, 1.165) is 6.07 Å². The average Bonchev–Trinajstić information content (AvgIpc) is 2.65. The Kier molecular flexibility index (Phi) is 5.21. The molecule has 1 N–H and O–H groups in total. The predicted molar refractivity (Wildman–Crippen MR) is 110 cm³/mol. The molecule has 1 saturated carbocycles. The molecule has 5 nitrogen and oxygen atoms in total. The molecular formula is C22H21F5N4O.